The van der Waals surface area contributed by atoms with E-state index in [1.54, 1.807) is 0 Å². The summed E-state index contributed by atoms with van der Waals surface area (Å²) in [5, 5.41) is 8.93. The summed E-state index contributed by atoms with van der Waals surface area (Å²) in [5.41, 5.74) is 12.7. The van der Waals surface area contributed by atoms with E-state index in [1.807, 2.05) is 0 Å². The number of furan rings is 2. The van der Waals surface area contributed by atoms with E-state index in [0.29, 0.717) is 11.8 Å². The molecular weight excluding hydrogens is 733 g/mol. The molecule has 0 bridgehead atoms. The third kappa shape index (κ3) is 6.15. The number of hydrogen-bond acceptors (Lipinski definition) is 4. The van der Waals surface area contributed by atoms with Crippen LogP contribution in [0.1, 0.15) is 50.7 Å². The number of anilines is 6. The lowest BCUT2D eigenvalue weighted by Crippen LogP contribution is -2.09. The monoisotopic (exact) mass is 776 g/mol. The minimum absolute atomic E-state index is 0.475. The SMILES string of the molecule is CC(C)c1ccc(N(c2ccccc2)c2ccc3cc4c(cc3c2)oc2cc3oc5cc6cc(N(c7ccccc7)c7ccc(C(C)C)cc7)ccc6cc5c3cc24)cc1. The van der Waals surface area contributed by atoms with E-state index in [1.165, 1.54) is 11.1 Å². The molecule has 2 aromatic heterocycles. The summed E-state index contributed by atoms with van der Waals surface area (Å²) in [7, 11) is 0. The van der Waals surface area contributed by atoms with Crippen LogP contribution < -0.4 is 9.80 Å². The Morgan fingerprint density at radius 2 is 0.650 bits per heavy atom. The molecule has 11 rings (SSSR count). The van der Waals surface area contributed by atoms with Gasteiger partial charge in [0.1, 0.15) is 22.3 Å². The maximum atomic E-state index is 6.61. The van der Waals surface area contributed by atoms with Gasteiger partial charge in [0.15, 0.2) is 0 Å². The van der Waals surface area contributed by atoms with Crippen molar-refractivity contribution in [3.8, 4) is 0 Å². The molecule has 4 heteroatoms. The molecule has 0 aliphatic rings. The Hall–Kier alpha value is -7.30. The van der Waals surface area contributed by atoms with Crippen LogP contribution in [0.25, 0.3) is 65.4 Å². The Balaban J connectivity index is 0.984. The van der Waals surface area contributed by atoms with Gasteiger partial charge in [0.2, 0.25) is 0 Å². The Labute approximate surface area is 349 Å². The fourth-order valence-electron chi connectivity index (χ4n) is 8.85. The second kappa shape index (κ2) is 14.2. The topological polar surface area (TPSA) is 32.8 Å². The minimum Gasteiger partial charge on any atom is -0.456 e. The highest BCUT2D eigenvalue weighted by atomic mass is 16.3. The standard InChI is InChI=1S/C56H44N2O2/c1-35(2)37-15-21-45(22-16-37)57(43-11-7-5-8-12-43)47-25-19-39-29-49-51-33-52-50-30-40-20-26-48(58(44-13-9-6-10-14-44)46-23-17-38(18-24-46)36(3)4)28-42(40)32-54(50)60-56(52)34-55(51)59-53(49)31-41(39)27-47/h5-36H,1-4H3. The van der Waals surface area contributed by atoms with E-state index in [4.69, 9.17) is 8.83 Å². The van der Waals surface area contributed by atoms with Gasteiger partial charge in [-0.1, -0.05) is 100 Å². The molecule has 0 fully saturated rings. The van der Waals surface area contributed by atoms with Crippen LogP contribution in [0.3, 0.4) is 0 Å². The molecule has 0 amide bonds. The Morgan fingerprint density at radius 3 is 1.05 bits per heavy atom. The maximum Gasteiger partial charge on any atom is 0.139 e. The van der Waals surface area contributed by atoms with Gasteiger partial charge in [-0.3, -0.25) is 0 Å². The van der Waals surface area contributed by atoms with Crippen LogP contribution in [0.2, 0.25) is 0 Å². The molecule has 0 radical (unpaired) electrons. The van der Waals surface area contributed by atoms with Crippen molar-refractivity contribution in [2.24, 2.45) is 0 Å². The van der Waals surface area contributed by atoms with Crippen LogP contribution in [0, 0.1) is 0 Å². The van der Waals surface area contributed by atoms with E-state index in [2.05, 4.69) is 219 Å². The molecule has 0 aliphatic heterocycles. The molecule has 0 aliphatic carbocycles. The smallest absolute Gasteiger partial charge is 0.139 e. The molecule has 0 saturated carbocycles. The van der Waals surface area contributed by atoms with E-state index in [-0.39, 0.29) is 0 Å². The first-order valence-corrected chi connectivity index (χ1v) is 20.9. The van der Waals surface area contributed by atoms with E-state index < -0.39 is 0 Å². The molecule has 0 spiro atoms. The quantitative estimate of drug-likeness (QED) is 0.154. The van der Waals surface area contributed by atoms with Gasteiger partial charge in [-0.05, 0) is 148 Å². The second-order valence-electron chi connectivity index (χ2n) is 16.6. The zero-order valence-corrected chi connectivity index (χ0v) is 34.2. The van der Waals surface area contributed by atoms with Gasteiger partial charge in [0, 0.05) is 61.7 Å². The predicted octanol–water partition coefficient (Wildman–Crippen LogP) is 17.0. The average molecular weight is 777 g/mol. The number of fused-ring (bicyclic) bond motifs is 8. The molecule has 0 atom stereocenters. The van der Waals surface area contributed by atoms with Crippen molar-refractivity contribution in [2.45, 2.75) is 39.5 Å². The summed E-state index contributed by atoms with van der Waals surface area (Å²) in [5.74, 6) is 0.951. The normalized spacial score (nSPS) is 12.0. The van der Waals surface area contributed by atoms with E-state index in [9.17, 15) is 0 Å². The van der Waals surface area contributed by atoms with Gasteiger partial charge in [-0.15, -0.1) is 0 Å². The lowest BCUT2D eigenvalue weighted by Gasteiger charge is -2.26. The summed E-state index contributed by atoms with van der Waals surface area (Å²) in [6.07, 6.45) is 0. The number of hydrogen-bond donors (Lipinski definition) is 0. The molecule has 4 nitrogen and oxygen atoms in total. The van der Waals surface area contributed by atoms with Crippen molar-refractivity contribution in [3.05, 3.63) is 193 Å². The van der Waals surface area contributed by atoms with Crippen LogP contribution in [0.15, 0.2) is 191 Å². The fourth-order valence-corrected chi connectivity index (χ4v) is 8.85. The molecular formula is C56H44N2O2. The van der Waals surface area contributed by atoms with Crippen molar-refractivity contribution < 1.29 is 8.83 Å². The molecule has 0 N–H and O–H groups in total. The average Bonchev–Trinajstić information content (AvgIpc) is 3.80. The first-order chi connectivity index (χ1) is 29.3. The van der Waals surface area contributed by atoms with Gasteiger partial charge < -0.3 is 18.6 Å². The van der Waals surface area contributed by atoms with Crippen LogP contribution in [-0.4, -0.2) is 0 Å². The van der Waals surface area contributed by atoms with Gasteiger partial charge in [0.25, 0.3) is 0 Å². The zero-order chi connectivity index (χ0) is 40.5. The van der Waals surface area contributed by atoms with Crippen molar-refractivity contribution >= 4 is 99.5 Å². The molecule has 60 heavy (non-hydrogen) atoms. The third-order valence-electron chi connectivity index (χ3n) is 12.1. The molecule has 9 aromatic carbocycles. The summed E-state index contributed by atoms with van der Waals surface area (Å²) in [4.78, 5) is 4.64. The molecule has 0 unspecified atom stereocenters. The fraction of sp³-hybridized carbons (Fsp3) is 0.107. The van der Waals surface area contributed by atoms with Crippen molar-refractivity contribution in [1.82, 2.24) is 0 Å². The van der Waals surface area contributed by atoms with Crippen LogP contribution >= 0.6 is 0 Å². The van der Waals surface area contributed by atoms with E-state index >= 15 is 0 Å². The van der Waals surface area contributed by atoms with Gasteiger partial charge in [0.05, 0.1) is 0 Å². The summed E-state index contributed by atoms with van der Waals surface area (Å²) in [6, 6.07) is 65.6. The van der Waals surface area contributed by atoms with Crippen LogP contribution in [-0.2, 0) is 0 Å². The molecule has 290 valence electrons. The molecule has 11 aromatic rings. The van der Waals surface area contributed by atoms with Crippen LogP contribution in [0.5, 0.6) is 0 Å². The highest BCUT2D eigenvalue weighted by molar-refractivity contribution is 6.18. The lowest BCUT2D eigenvalue weighted by molar-refractivity contribution is 0.656. The van der Waals surface area contributed by atoms with Gasteiger partial charge in [-0.25, -0.2) is 0 Å². The molecule has 2 heterocycles. The summed E-state index contributed by atoms with van der Waals surface area (Å²) >= 11 is 0. The first kappa shape index (κ1) is 35.8. The highest BCUT2D eigenvalue weighted by Crippen LogP contribution is 2.43. The predicted molar refractivity (Wildman–Crippen MR) is 254 cm³/mol. The van der Waals surface area contributed by atoms with Gasteiger partial charge in [-0.2, -0.15) is 0 Å². The number of para-hydroxylation sites is 2. The number of nitrogens with zero attached hydrogens (tertiary/aromatic N) is 2. The summed E-state index contributed by atoms with van der Waals surface area (Å²) < 4.78 is 13.2. The first-order valence-electron chi connectivity index (χ1n) is 20.9. The Kier molecular flexibility index (Phi) is 8.49. The van der Waals surface area contributed by atoms with Crippen molar-refractivity contribution in [3.63, 3.8) is 0 Å². The number of rotatable bonds is 8. The largest absolute Gasteiger partial charge is 0.456 e. The Bertz CT molecular complexity index is 3140. The van der Waals surface area contributed by atoms with E-state index in [0.717, 1.165) is 99.5 Å². The van der Waals surface area contributed by atoms with Crippen molar-refractivity contribution in [2.75, 3.05) is 9.80 Å². The van der Waals surface area contributed by atoms with Gasteiger partial charge >= 0.3 is 0 Å². The zero-order valence-electron chi connectivity index (χ0n) is 34.2. The summed E-state index contributed by atoms with van der Waals surface area (Å²) in [6.45, 7) is 8.93. The Morgan fingerprint density at radius 1 is 0.300 bits per heavy atom. The molecule has 0 saturated heterocycles. The highest BCUT2D eigenvalue weighted by Gasteiger charge is 2.19. The minimum atomic E-state index is 0.475. The third-order valence-corrected chi connectivity index (χ3v) is 12.1. The second-order valence-corrected chi connectivity index (χ2v) is 16.6. The lowest BCUT2D eigenvalue weighted by atomic mass is 10.0. The maximum absolute atomic E-state index is 6.61. The number of benzene rings is 9. The van der Waals surface area contributed by atoms with Crippen molar-refractivity contribution in [1.29, 1.82) is 0 Å². The van der Waals surface area contributed by atoms with Crippen LogP contribution in [0.4, 0.5) is 34.1 Å².